The SMILES string of the molecule is [2H]c1c([2H])c([2H])c2c(c1[2H])c1c([2H])c([2H])c([2H])c([2H])c1n2-c1cc2c3c(c1)N(c1c(-c4ccccc4)cc(C(C)(C)C)cc1-c1ccccc1)c1cc(-n4c5ccccc5c5cc(N(c6ccccc6)c6ccccc6)ccc54)ccc1B3c1ccc(-c3cccc(C(C)(C)C)c3)cc1N2c1c(-c2ccccc2)cc(C(C)(C)C)cc1-c1ccccc1. The van der Waals surface area contributed by atoms with Crippen LogP contribution in [-0.4, -0.2) is 15.8 Å². The molecule has 0 saturated heterocycles. The van der Waals surface area contributed by atoms with E-state index in [-0.39, 0.29) is 38.1 Å². The fraction of sp³-hybridized carbons (Fsp3) is 0.111. The minimum Gasteiger partial charge on any atom is -0.310 e. The summed E-state index contributed by atoms with van der Waals surface area (Å²) in [6.07, 6.45) is 0. The smallest absolute Gasteiger partial charge is 0.252 e. The molecule has 4 heterocycles. The third-order valence-electron chi connectivity index (χ3n) is 23.3. The molecule has 6 heteroatoms. The van der Waals surface area contributed by atoms with Gasteiger partial charge in [-0.3, -0.25) is 0 Å². The molecule has 0 aliphatic carbocycles. The van der Waals surface area contributed by atoms with Crippen molar-refractivity contribution >= 4 is 118 Å². The first-order valence-corrected chi connectivity index (χ1v) is 39.5. The summed E-state index contributed by atoms with van der Waals surface area (Å²) in [4.78, 5) is 7.26. The molecule has 0 unspecified atom stereocenters. The maximum atomic E-state index is 10.3. The quantitative estimate of drug-likeness (QED) is 0.114. The van der Waals surface area contributed by atoms with E-state index in [1.54, 1.807) is 4.57 Å². The van der Waals surface area contributed by atoms with E-state index in [2.05, 4.69) is 403 Å². The molecule has 2 aliphatic heterocycles. The fourth-order valence-electron chi connectivity index (χ4n) is 17.7. The molecule has 0 bridgehead atoms. The molecule has 0 saturated carbocycles. The lowest BCUT2D eigenvalue weighted by Gasteiger charge is -2.46. The molecular weight excluding hydrogens is 1380 g/mol. The van der Waals surface area contributed by atoms with Gasteiger partial charge < -0.3 is 23.8 Å². The van der Waals surface area contributed by atoms with Gasteiger partial charge >= 0.3 is 0 Å². The van der Waals surface area contributed by atoms with Crippen LogP contribution in [0, 0.1) is 0 Å². The zero-order chi connectivity index (χ0) is 84.3. The number of nitrogens with zero attached hydrogens (tertiary/aromatic N) is 5. The molecule has 114 heavy (non-hydrogen) atoms. The molecule has 2 aromatic heterocycles. The van der Waals surface area contributed by atoms with E-state index in [4.69, 9.17) is 0 Å². The average molecular weight is 1470 g/mol. The summed E-state index contributed by atoms with van der Waals surface area (Å²) in [7, 11) is 0. The summed E-state index contributed by atoms with van der Waals surface area (Å²) in [6, 6.07) is 112. The number of hydrogen-bond acceptors (Lipinski definition) is 3. The largest absolute Gasteiger partial charge is 0.310 e. The van der Waals surface area contributed by atoms with E-state index in [1.807, 2.05) is 0 Å². The van der Waals surface area contributed by atoms with Crippen molar-refractivity contribution in [1.29, 1.82) is 0 Å². The maximum Gasteiger partial charge on any atom is 0.252 e. The Balaban J connectivity index is 1.00. The second-order valence-corrected chi connectivity index (χ2v) is 33.5. The number of rotatable bonds is 12. The lowest BCUT2D eigenvalue weighted by molar-refractivity contribution is 0.590. The summed E-state index contributed by atoms with van der Waals surface area (Å²) in [5.41, 5.74) is 26.5. The maximum absolute atomic E-state index is 10.3. The van der Waals surface area contributed by atoms with Gasteiger partial charge in [-0.15, -0.1) is 0 Å². The minimum atomic E-state index is -0.561. The molecule has 548 valence electrons. The van der Waals surface area contributed by atoms with Crippen LogP contribution in [-0.2, 0) is 16.2 Å². The molecule has 0 radical (unpaired) electrons. The highest BCUT2D eigenvalue weighted by Gasteiger charge is 2.47. The molecule has 2 aliphatic rings. The number of benzene rings is 16. The van der Waals surface area contributed by atoms with Crippen molar-refractivity contribution in [2.75, 3.05) is 14.7 Å². The van der Waals surface area contributed by atoms with Gasteiger partial charge in [0, 0.05) is 89.3 Å². The third kappa shape index (κ3) is 11.8. The highest BCUT2D eigenvalue weighted by atomic mass is 15.2. The van der Waals surface area contributed by atoms with E-state index >= 15 is 0 Å². The van der Waals surface area contributed by atoms with Crippen molar-refractivity contribution in [2.45, 2.75) is 78.6 Å². The van der Waals surface area contributed by atoms with E-state index in [1.165, 1.54) is 5.56 Å². The molecule has 20 rings (SSSR count). The highest BCUT2D eigenvalue weighted by molar-refractivity contribution is 7.00. The van der Waals surface area contributed by atoms with E-state index in [9.17, 15) is 11.0 Å². The number of aromatic nitrogens is 2. The lowest BCUT2D eigenvalue weighted by Crippen LogP contribution is -2.61. The Morgan fingerprint density at radius 3 is 1.15 bits per heavy atom. The Kier molecular flexibility index (Phi) is 14.6. The molecule has 16 aromatic carbocycles. The standard InChI is InChI=1S/C108H88BN5/c1-106(2,3)77-44-34-43-75(61-77)76-55-58-93-99(62-76)113(104-88(71-35-16-10-17-36-71)63-78(107(4,5)6)64-89(104)72-37-18-11-19-38-72)101-69-84(112-95-52-31-28-49-85(95)86-50-29-32-53-96(86)112)70-102-103(101)109(93)94-59-56-83(68-100(94)114(102)105-90(73-39-20-12-21-40-73)65-79(108(7,8)9)66-91(105)74-41-22-13-23-42-74)111-97-54-33-30-51-87(97)92-67-82(57-60-98(92)111)110(80-45-24-14-25-46-80)81-47-26-15-27-48-81/h10-70H,1-9H3/i28D,29D,31D,32D,49D,50D,52D,53D. The Labute approximate surface area is 680 Å². The summed E-state index contributed by atoms with van der Waals surface area (Å²) >= 11 is 0. The van der Waals surface area contributed by atoms with Crippen molar-refractivity contribution in [1.82, 2.24) is 9.13 Å². The Bertz CT molecular complexity index is 7060. The van der Waals surface area contributed by atoms with Gasteiger partial charge in [-0.25, -0.2) is 0 Å². The number of fused-ring (bicyclic) bond motifs is 10. The van der Waals surface area contributed by atoms with Gasteiger partial charge in [-0.2, -0.15) is 0 Å². The summed E-state index contributed by atoms with van der Waals surface area (Å²) < 4.78 is 82.9. The van der Waals surface area contributed by atoms with Crippen molar-refractivity contribution in [3.8, 4) is 67.0 Å². The van der Waals surface area contributed by atoms with Crippen LogP contribution in [0.2, 0.25) is 0 Å². The van der Waals surface area contributed by atoms with Gasteiger partial charge in [0.15, 0.2) is 0 Å². The predicted octanol–water partition coefficient (Wildman–Crippen LogP) is 27.7. The van der Waals surface area contributed by atoms with Crippen molar-refractivity contribution in [3.63, 3.8) is 0 Å². The molecule has 0 atom stereocenters. The third-order valence-corrected chi connectivity index (χ3v) is 23.3. The van der Waals surface area contributed by atoms with Crippen molar-refractivity contribution in [2.24, 2.45) is 0 Å². The normalized spacial score (nSPS) is 13.7. The first kappa shape index (κ1) is 61.3. The molecule has 18 aromatic rings. The Hall–Kier alpha value is -13.4. The van der Waals surface area contributed by atoms with Crippen LogP contribution in [0.4, 0.5) is 51.2 Å². The molecule has 0 N–H and O–H groups in total. The van der Waals surface area contributed by atoms with Crippen LogP contribution in [0.1, 0.15) is 90.0 Å². The van der Waals surface area contributed by atoms with Crippen LogP contribution < -0.4 is 31.1 Å². The second kappa shape index (κ2) is 27.2. The van der Waals surface area contributed by atoms with Crippen LogP contribution in [0.15, 0.2) is 370 Å². The van der Waals surface area contributed by atoms with Gasteiger partial charge in [-0.05, 0) is 198 Å². The molecule has 0 amide bonds. The van der Waals surface area contributed by atoms with E-state index < -0.39 is 55.1 Å². The summed E-state index contributed by atoms with van der Waals surface area (Å²) in [5, 5.41) is 2.10. The fourth-order valence-corrected chi connectivity index (χ4v) is 17.7. The van der Waals surface area contributed by atoms with Crippen LogP contribution >= 0.6 is 0 Å². The lowest BCUT2D eigenvalue weighted by atomic mass is 9.33. The van der Waals surface area contributed by atoms with Crippen molar-refractivity contribution < 1.29 is 11.0 Å². The predicted molar refractivity (Wildman–Crippen MR) is 487 cm³/mol. The van der Waals surface area contributed by atoms with Gasteiger partial charge in [0.2, 0.25) is 0 Å². The summed E-state index contributed by atoms with van der Waals surface area (Å²) in [6.45, 7) is 19.8. The van der Waals surface area contributed by atoms with E-state index in [0.717, 1.165) is 162 Å². The monoisotopic (exact) mass is 1470 g/mol. The molecule has 5 nitrogen and oxygen atoms in total. The van der Waals surface area contributed by atoms with E-state index in [0.29, 0.717) is 5.69 Å². The Morgan fingerprint density at radius 1 is 0.272 bits per heavy atom. The van der Waals surface area contributed by atoms with Gasteiger partial charge in [0.25, 0.3) is 6.71 Å². The van der Waals surface area contributed by atoms with Gasteiger partial charge in [-0.1, -0.05) is 317 Å². The highest BCUT2D eigenvalue weighted by Crippen LogP contribution is 2.56. The first-order chi connectivity index (χ1) is 58.8. The molecule has 0 fully saturated rings. The molecule has 0 spiro atoms. The van der Waals surface area contributed by atoms with Crippen LogP contribution in [0.25, 0.3) is 111 Å². The number of hydrogen-bond donors (Lipinski definition) is 0. The van der Waals surface area contributed by atoms with Crippen LogP contribution in [0.5, 0.6) is 0 Å². The van der Waals surface area contributed by atoms with Crippen LogP contribution in [0.3, 0.4) is 0 Å². The number of para-hydroxylation sites is 5. The summed E-state index contributed by atoms with van der Waals surface area (Å²) in [5.74, 6) is 0. The first-order valence-electron chi connectivity index (χ1n) is 43.5. The zero-order valence-corrected chi connectivity index (χ0v) is 65.4. The average Bonchev–Trinajstić information content (AvgIpc) is 0.938. The molecular formula is C108H88BN5. The Morgan fingerprint density at radius 2 is 0.667 bits per heavy atom. The number of anilines is 9. The topological polar surface area (TPSA) is 19.6 Å². The zero-order valence-electron chi connectivity index (χ0n) is 73.4. The second-order valence-electron chi connectivity index (χ2n) is 33.5. The van der Waals surface area contributed by atoms with Gasteiger partial charge in [0.05, 0.1) is 50.1 Å². The van der Waals surface area contributed by atoms with Gasteiger partial charge in [0.1, 0.15) is 0 Å². The minimum absolute atomic E-state index is 0.00894. The van der Waals surface area contributed by atoms with Crippen molar-refractivity contribution in [3.05, 3.63) is 387 Å².